The molecule has 0 aliphatic rings. The summed E-state index contributed by atoms with van der Waals surface area (Å²) in [5, 5.41) is 0. The van der Waals surface area contributed by atoms with Crippen molar-refractivity contribution in [1.82, 2.24) is 0 Å². The number of carbonyl (C=O) groups is 2. The van der Waals surface area contributed by atoms with E-state index in [1.54, 1.807) is 11.8 Å². The molecule has 0 saturated heterocycles. The van der Waals surface area contributed by atoms with Crippen molar-refractivity contribution in [2.45, 2.75) is 105 Å². The monoisotopic (exact) mass is 430 g/mol. The third-order valence-corrected chi connectivity index (χ3v) is 5.76. The van der Waals surface area contributed by atoms with E-state index in [4.69, 9.17) is 9.47 Å². The lowest BCUT2D eigenvalue weighted by molar-refractivity contribution is -0.144. The van der Waals surface area contributed by atoms with Crippen molar-refractivity contribution in [2.75, 3.05) is 24.7 Å². The Bertz CT molecular complexity index is 360. The van der Waals surface area contributed by atoms with Crippen LogP contribution in [-0.4, -0.2) is 36.7 Å². The molecule has 0 amide bonds. The van der Waals surface area contributed by atoms with Gasteiger partial charge in [0.2, 0.25) is 0 Å². The summed E-state index contributed by atoms with van der Waals surface area (Å²) in [7, 11) is 0. The van der Waals surface area contributed by atoms with E-state index >= 15 is 0 Å². The van der Waals surface area contributed by atoms with Crippen molar-refractivity contribution < 1.29 is 19.1 Å². The standard InChI is InChI=1S/C24H46O4S/c1-21(2)13-9-5-7-11-17-27-23(25)15-19-29-20-16-24(26)28-18-12-8-6-10-14-22(3)4/h21-22H,5-20H2,1-4H3. The molecule has 0 unspecified atom stereocenters. The number of carbonyl (C=O) groups excluding carboxylic acids is 2. The van der Waals surface area contributed by atoms with Crippen molar-refractivity contribution in [3.8, 4) is 0 Å². The van der Waals surface area contributed by atoms with Gasteiger partial charge in [-0.05, 0) is 24.7 Å². The van der Waals surface area contributed by atoms with Gasteiger partial charge in [-0.3, -0.25) is 9.59 Å². The highest BCUT2D eigenvalue weighted by Gasteiger charge is 2.06. The smallest absolute Gasteiger partial charge is 0.306 e. The maximum atomic E-state index is 11.7. The molecule has 4 nitrogen and oxygen atoms in total. The number of thioether (sulfide) groups is 1. The molecule has 0 radical (unpaired) electrons. The third-order valence-electron chi connectivity index (χ3n) is 4.78. The van der Waals surface area contributed by atoms with Crippen molar-refractivity contribution >= 4 is 23.7 Å². The second-order valence-corrected chi connectivity index (χ2v) is 9.97. The van der Waals surface area contributed by atoms with Gasteiger partial charge >= 0.3 is 11.9 Å². The van der Waals surface area contributed by atoms with Crippen LogP contribution in [0.5, 0.6) is 0 Å². The first-order valence-corrected chi connectivity index (χ1v) is 13.0. The van der Waals surface area contributed by atoms with Crippen LogP contribution in [-0.2, 0) is 19.1 Å². The molecule has 0 aromatic carbocycles. The Morgan fingerprint density at radius 1 is 0.621 bits per heavy atom. The molecule has 0 bridgehead atoms. The van der Waals surface area contributed by atoms with Gasteiger partial charge in [-0.2, -0.15) is 11.8 Å². The van der Waals surface area contributed by atoms with E-state index in [0.717, 1.165) is 37.5 Å². The van der Waals surface area contributed by atoms with Gasteiger partial charge in [0, 0.05) is 11.5 Å². The highest BCUT2D eigenvalue weighted by molar-refractivity contribution is 7.99. The SMILES string of the molecule is CC(C)CCCCCCOC(=O)CCSCCC(=O)OCCCCCCC(C)C. The van der Waals surface area contributed by atoms with Crippen LogP contribution >= 0.6 is 11.8 Å². The van der Waals surface area contributed by atoms with Gasteiger partial charge in [-0.1, -0.05) is 79.1 Å². The van der Waals surface area contributed by atoms with Crippen LogP contribution in [0.2, 0.25) is 0 Å². The fraction of sp³-hybridized carbons (Fsp3) is 0.917. The van der Waals surface area contributed by atoms with Gasteiger partial charge in [0.1, 0.15) is 0 Å². The average molecular weight is 431 g/mol. The summed E-state index contributed by atoms with van der Waals surface area (Å²) in [6.45, 7) is 10.1. The van der Waals surface area contributed by atoms with Crippen LogP contribution in [0.25, 0.3) is 0 Å². The average Bonchev–Trinajstić information content (AvgIpc) is 2.65. The minimum absolute atomic E-state index is 0.125. The summed E-state index contributed by atoms with van der Waals surface area (Å²) in [5.74, 6) is 2.71. The van der Waals surface area contributed by atoms with Gasteiger partial charge < -0.3 is 9.47 Å². The van der Waals surface area contributed by atoms with E-state index in [2.05, 4.69) is 27.7 Å². The molecule has 0 rings (SSSR count). The second kappa shape index (κ2) is 20.6. The molecule has 0 saturated carbocycles. The Kier molecular flexibility index (Phi) is 20.1. The van der Waals surface area contributed by atoms with E-state index < -0.39 is 0 Å². The molecule has 0 aliphatic heterocycles. The fourth-order valence-electron chi connectivity index (χ4n) is 2.95. The van der Waals surface area contributed by atoms with Gasteiger partial charge in [0.05, 0.1) is 26.1 Å². The highest BCUT2D eigenvalue weighted by Crippen LogP contribution is 2.11. The van der Waals surface area contributed by atoms with Gasteiger partial charge in [0.15, 0.2) is 0 Å². The minimum Gasteiger partial charge on any atom is -0.466 e. The first kappa shape index (κ1) is 28.3. The molecule has 0 spiro atoms. The molecule has 0 aromatic heterocycles. The molecule has 29 heavy (non-hydrogen) atoms. The Hall–Kier alpha value is -0.710. The first-order chi connectivity index (χ1) is 13.9. The predicted octanol–water partition coefficient (Wildman–Crippen LogP) is 6.80. The number of ether oxygens (including phenoxy) is 2. The van der Waals surface area contributed by atoms with Crippen LogP contribution in [0, 0.1) is 11.8 Å². The summed E-state index contributed by atoms with van der Waals surface area (Å²) in [4.78, 5) is 23.4. The molecule has 0 N–H and O–H groups in total. The van der Waals surface area contributed by atoms with Crippen LogP contribution < -0.4 is 0 Å². The van der Waals surface area contributed by atoms with Crippen molar-refractivity contribution in [3.63, 3.8) is 0 Å². The van der Waals surface area contributed by atoms with Crippen molar-refractivity contribution in [3.05, 3.63) is 0 Å². The van der Waals surface area contributed by atoms with E-state index in [0.29, 0.717) is 37.6 Å². The van der Waals surface area contributed by atoms with E-state index in [1.807, 2.05) is 0 Å². The third kappa shape index (κ3) is 23.4. The van der Waals surface area contributed by atoms with Crippen LogP contribution in [0.1, 0.15) is 105 Å². The summed E-state index contributed by atoms with van der Waals surface area (Å²) < 4.78 is 10.5. The lowest BCUT2D eigenvalue weighted by Gasteiger charge is -2.07. The molecule has 0 atom stereocenters. The molecular weight excluding hydrogens is 384 g/mol. The Morgan fingerprint density at radius 3 is 1.38 bits per heavy atom. The topological polar surface area (TPSA) is 52.6 Å². The Labute approximate surface area is 184 Å². The molecule has 0 aromatic rings. The molecular formula is C24H46O4S. The van der Waals surface area contributed by atoms with Crippen LogP contribution in [0.4, 0.5) is 0 Å². The lowest BCUT2D eigenvalue weighted by Crippen LogP contribution is -2.09. The van der Waals surface area contributed by atoms with Gasteiger partial charge in [-0.15, -0.1) is 0 Å². The fourth-order valence-corrected chi connectivity index (χ4v) is 3.77. The Balaban J connectivity index is 3.33. The van der Waals surface area contributed by atoms with Crippen molar-refractivity contribution in [1.29, 1.82) is 0 Å². The highest BCUT2D eigenvalue weighted by atomic mass is 32.2. The summed E-state index contributed by atoms with van der Waals surface area (Å²) in [6, 6.07) is 0. The molecule has 5 heteroatoms. The van der Waals surface area contributed by atoms with Gasteiger partial charge in [-0.25, -0.2) is 0 Å². The zero-order valence-corrected chi connectivity index (χ0v) is 20.3. The maximum absolute atomic E-state index is 11.7. The van der Waals surface area contributed by atoms with Crippen molar-refractivity contribution in [2.24, 2.45) is 11.8 Å². The quantitative estimate of drug-likeness (QED) is 0.157. The minimum atomic E-state index is -0.125. The number of esters is 2. The molecule has 0 fully saturated rings. The van der Waals surface area contributed by atoms with Crippen LogP contribution in [0.3, 0.4) is 0 Å². The summed E-state index contributed by atoms with van der Waals surface area (Å²) in [5.41, 5.74) is 0. The summed E-state index contributed by atoms with van der Waals surface area (Å²) >= 11 is 1.61. The largest absolute Gasteiger partial charge is 0.466 e. The zero-order chi connectivity index (χ0) is 21.7. The zero-order valence-electron chi connectivity index (χ0n) is 19.5. The maximum Gasteiger partial charge on any atom is 0.306 e. The van der Waals surface area contributed by atoms with Crippen LogP contribution in [0.15, 0.2) is 0 Å². The first-order valence-electron chi connectivity index (χ1n) is 11.8. The van der Waals surface area contributed by atoms with E-state index in [-0.39, 0.29) is 11.9 Å². The van der Waals surface area contributed by atoms with E-state index in [1.165, 1.54) is 38.5 Å². The second-order valence-electron chi connectivity index (χ2n) is 8.75. The number of rotatable bonds is 20. The van der Waals surface area contributed by atoms with Gasteiger partial charge in [0.25, 0.3) is 0 Å². The number of hydrogen-bond acceptors (Lipinski definition) is 5. The predicted molar refractivity (Wildman–Crippen MR) is 124 cm³/mol. The number of unbranched alkanes of at least 4 members (excludes halogenated alkanes) is 6. The van der Waals surface area contributed by atoms with E-state index in [9.17, 15) is 9.59 Å². The normalized spacial score (nSPS) is 11.2. The summed E-state index contributed by atoms with van der Waals surface area (Å²) in [6.07, 6.45) is 12.6. The molecule has 0 heterocycles. The lowest BCUT2D eigenvalue weighted by atomic mass is 10.0. The Morgan fingerprint density at radius 2 is 1.00 bits per heavy atom. The number of hydrogen-bond donors (Lipinski definition) is 0. The molecule has 0 aliphatic carbocycles. The molecule has 172 valence electrons.